The van der Waals surface area contributed by atoms with Crippen molar-refractivity contribution in [2.45, 2.75) is 25.5 Å². The van der Waals surface area contributed by atoms with Crippen LogP contribution < -0.4 is 0 Å². The number of hydrogen-bond donors (Lipinski definition) is 0. The van der Waals surface area contributed by atoms with Crippen LogP contribution in [0.1, 0.15) is 36.7 Å². The topological polar surface area (TPSA) is 39.9 Å². The molecule has 0 aliphatic carbocycles. The van der Waals surface area contributed by atoms with Crippen molar-refractivity contribution in [1.29, 1.82) is 0 Å². The largest absolute Gasteiger partial charge is 0.356 e. The van der Waals surface area contributed by atoms with Crippen molar-refractivity contribution in [2.75, 3.05) is 6.61 Å². The molecule has 0 radical (unpaired) electrons. The first-order chi connectivity index (χ1) is 11.8. The average Bonchev–Trinajstić information content (AvgIpc) is 2.99. The van der Waals surface area contributed by atoms with E-state index in [9.17, 15) is 0 Å². The van der Waals surface area contributed by atoms with Gasteiger partial charge in [0.15, 0.2) is 6.23 Å². The second-order valence-electron chi connectivity index (χ2n) is 5.93. The van der Waals surface area contributed by atoms with Crippen LogP contribution in [0, 0.1) is 3.57 Å². The molecule has 0 bridgehead atoms. The van der Waals surface area contributed by atoms with Crippen LogP contribution in [0.2, 0.25) is 0 Å². The van der Waals surface area contributed by atoms with Gasteiger partial charge in [0, 0.05) is 28.0 Å². The Morgan fingerprint density at radius 3 is 2.79 bits per heavy atom. The fraction of sp³-hybridized carbons (Fsp3) is 0.263. The molecular formula is C19H18IN3O. The molecule has 1 unspecified atom stereocenters. The van der Waals surface area contributed by atoms with Gasteiger partial charge in [-0.2, -0.15) is 5.10 Å². The van der Waals surface area contributed by atoms with Crippen molar-refractivity contribution >= 4 is 45.6 Å². The lowest BCUT2D eigenvalue weighted by molar-refractivity contribution is -0.0367. The maximum atomic E-state index is 5.95. The molecule has 24 heavy (non-hydrogen) atoms. The Hall–Kier alpha value is -1.73. The number of aromatic nitrogens is 3. The quantitative estimate of drug-likeness (QED) is 0.554. The molecule has 1 aromatic carbocycles. The molecule has 122 valence electrons. The monoisotopic (exact) mass is 431 g/mol. The molecule has 0 amide bonds. The number of halogens is 1. The standard InChI is InChI=1S/C19H18IN3O/c20-15-5-6-16-17(7-4-14-8-10-21-11-9-14)22-23(18(16)13-15)19-3-1-2-12-24-19/h4-11,13,19H,1-3,12H2/b7-4+. The van der Waals surface area contributed by atoms with Crippen molar-refractivity contribution in [3.8, 4) is 0 Å². The number of rotatable bonds is 3. The Morgan fingerprint density at radius 1 is 1.12 bits per heavy atom. The summed E-state index contributed by atoms with van der Waals surface area (Å²) >= 11 is 2.35. The molecule has 0 N–H and O–H groups in total. The molecule has 1 aliphatic heterocycles. The number of ether oxygens (including phenoxy) is 1. The van der Waals surface area contributed by atoms with Crippen LogP contribution in [-0.2, 0) is 4.74 Å². The Bertz CT molecular complexity index is 867. The summed E-state index contributed by atoms with van der Waals surface area (Å²) in [6.45, 7) is 0.818. The third kappa shape index (κ3) is 3.23. The van der Waals surface area contributed by atoms with Gasteiger partial charge < -0.3 is 4.74 Å². The summed E-state index contributed by atoms with van der Waals surface area (Å²) in [5.41, 5.74) is 3.24. The normalized spacial score (nSPS) is 18.5. The summed E-state index contributed by atoms with van der Waals surface area (Å²) in [6.07, 6.45) is 11.2. The van der Waals surface area contributed by atoms with E-state index in [0.29, 0.717) is 0 Å². The summed E-state index contributed by atoms with van der Waals surface area (Å²) in [5, 5.41) is 6.02. The fourth-order valence-corrected chi connectivity index (χ4v) is 3.52. The van der Waals surface area contributed by atoms with Gasteiger partial charge in [0.2, 0.25) is 0 Å². The van der Waals surface area contributed by atoms with Crippen LogP contribution in [0.25, 0.3) is 23.1 Å². The van der Waals surface area contributed by atoms with Gasteiger partial charge in [-0.3, -0.25) is 4.98 Å². The Labute approximate surface area is 154 Å². The predicted octanol–water partition coefficient (Wildman–Crippen LogP) is 4.91. The molecule has 0 saturated carbocycles. The van der Waals surface area contributed by atoms with Gasteiger partial charge in [0.1, 0.15) is 0 Å². The second-order valence-corrected chi connectivity index (χ2v) is 7.17. The zero-order valence-electron chi connectivity index (χ0n) is 13.2. The third-order valence-electron chi connectivity index (χ3n) is 4.27. The summed E-state index contributed by atoms with van der Waals surface area (Å²) in [6, 6.07) is 10.4. The smallest absolute Gasteiger partial charge is 0.150 e. The highest BCUT2D eigenvalue weighted by Gasteiger charge is 2.20. The number of nitrogens with zero attached hydrogens (tertiary/aromatic N) is 3. The second kappa shape index (κ2) is 7.03. The minimum atomic E-state index is 0.0440. The molecule has 1 saturated heterocycles. The van der Waals surface area contributed by atoms with Gasteiger partial charge in [-0.1, -0.05) is 6.08 Å². The highest BCUT2D eigenvalue weighted by atomic mass is 127. The summed E-state index contributed by atoms with van der Waals surface area (Å²) < 4.78 is 9.22. The molecule has 4 rings (SSSR count). The van der Waals surface area contributed by atoms with E-state index in [4.69, 9.17) is 9.84 Å². The SMILES string of the molecule is Ic1ccc2c(/C=C/c3ccncc3)nn(C3CCCCO3)c2c1. The Balaban J connectivity index is 1.76. The lowest BCUT2D eigenvalue weighted by Gasteiger charge is -2.23. The number of benzene rings is 1. The van der Waals surface area contributed by atoms with Crippen molar-refractivity contribution in [2.24, 2.45) is 0 Å². The lowest BCUT2D eigenvalue weighted by atomic mass is 10.1. The van der Waals surface area contributed by atoms with E-state index in [-0.39, 0.29) is 6.23 Å². The van der Waals surface area contributed by atoms with Crippen LogP contribution in [0.4, 0.5) is 0 Å². The maximum Gasteiger partial charge on any atom is 0.150 e. The van der Waals surface area contributed by atoms with E-state index >= 15 is 0 Å². The molecule has 1 aliphatic rings. The third-order valence-corrected chi connectivity index (χ3v) is 4.94. The molecule has 4 nitrogen and oxygen atoms in total. The van der Waals surface area contributed by atoms with Gasteiger partial charge in [0.25, 0.3) is 0 Å². The minimum Gasteiger partial charge on any atom is -0.356 e. The van der Waals surface area contributed by atoms with Gasteiger partial charge in [0.05, 0.1) is 11.2 Å². The zero-order valence-corrected chi connectivity index (χ0v) is 15.4. The highest BCUT2D eigenvalue weighted by Crippen LogP contribution is 2.29. The lowest BCUT2D eigenvalue weighted by Crippen LogP contribution is -2.19. The van der Waals surface area contributed by atoms with Crippen LogP contribution in [0.5, 0.6) is 0 Å². The minimum absolute atomic E-state index is 0.0440. The van der Waals surface area contributed by atoms with E-state index < -0.39 is 0 Å². The van der Waals surface area contributed by atoms with Crippen LogP contribution in [0.15, 0.2) is 42.7 Å². The molecular weight excluding hydrogens is 413 g/mol. The first-order valence-corrected chi connectivity index (χ1v) is 9.26. The van der Waals surface area contributed by atoms with E-state index in [1.165, 1.54) is 9.99 Å². The van der Waals surface area contributed by atoms with Crippen molar-refractivity contribution in [3.05, 3.63) is 57.6 Å². The van der Waals surface area contributed by atoms with Crippen molar-refractivity contribution < 1.29 is 4.74 Å². The van der Waals surface area contributed by atoms with Gasteiger partial charge in [-0.25, -0.2) is 4.68 Å². The van der Waals surface area contributed by atoms with Crippen LogP contribution in [-0.4, -0.2) is 21.4 Å². The molecule has 3 aromatic rings. The molecule has 2 aromatic heterocycles. The summed E-state index contributed by atoms with van der Waals surface area (Å²) in [5.74, 6) is 0. The first kappa shape index (κ1) is 15.8. The number of hydrogen-bond acceptors (Lipinski definition) is 3. The van der Waals surface area contributed by atoms with Crippen molar-refractivity contribution in [3.63, 3.8) is 0 Å². The highest BCUT2D eigenvalue weighted by molar-refractivity contribution is 14.1. The summed E-state index contributed by atoms with van der Waals surface area (Å²) in [4.78, 5) is 4.05. The fourth-order valence-electron chi connectivity index (χ4n) is 3.04. The average molecular weight is 431 g/mol. The van der Waals surface area contributed by atoms with Crippen LogP contribution in [0.3, 0.4) is 0 Å². The van der Waals surface area contributed by atoms with Crippen molar-refractivity contribution in [1.82, 2.24) is 14.8 Å². The van der Waals surface area contributed by atoms with Gasteiger partial charge >= 0.3 is 0 Å². The molecule has 5 heteroatoms. The molecule has 1 fully saturated rings. The summed E-state index contributed by atoms with van der Waals surface area (Å²) in [7, 11) is 0. The van der Waals surface area contributed by atoms with E-state index in [1.54, 1.807) is 12.4 Å². The van der Waals surface area contributed by atoms with E-state index in [0.717, 1.165) is 41.6 Å². The van der Waals surface area contributed by atoms with Gasteiger partial charge in [-0.05, 0) is 83.8 Å². The first-order valence-electron chi connectivity index (χ1n) is 8.19. The predicted molar refractivity (Wildman–Crippen MR) is 104 cm³/mol. The zero-order chi connectivity index (χ0) is 16.4. The Morgan fingerprint density at radius 2 is 2.00 bits per heavy atom. The Kier molecular flexibility index (Phi) is 4.62. The molecule has 1 atom stereocenters. The van der Waals surface area contributed by atoms with E-state index in [2.05, 4.69) is 62.6 Å². The number of pyridine rings is 1. The van der Waals surface area contributed by atoms with E-state index in [1.807, 2.05) is 12.1 Å². The molecule has 0 spiro atoms. The van der Waals surface area contributed by atoms with Gasteiger partial charge in [-0.15, -0.1) is 0 Å². The maximum absolute atomic E-state index is 5.95. The number of fused-ring (bicyclic) bond motifs is 1. The van der Waals surface area contributed by atoms with Crippen LogP contribution >= 0.6 is 22.6 Å². The molecule has 3 heterocycles.